The van der Waals surface area contributed by atoms with Gasteiger partial charge in [0.15, 0.2) is 0 Å². The Labute approximate surface area is 322 Å². The second-order valence-corrected chi connectivity index (χ2v) is 15.6. The molecule has 2 aliphatic carbocycles. The van der Waals surface area contributed by atoms with E-state index in [2.05, 4.69) is 45.6 Å². The number of fused-ring (bicyclic) bond motifs is 2. The Balaban J connectivity index is 0.000000167. The van der Waals surface area contributed by atoms with Gasteiger partial charge in [0, 0.05) is 63.7 Å². The van der Waals surface area contributed by atoms with Crippen LogP contribution in [0.2, 0.25) is 0 Å². The summed E-state index contributed by atoms with van der Waals surface area (Å²) in [5, 5.41) is 0. The Bertz CT molecular complexity index is 1660. The molecule has 0 bridgehead atoms. The van der Waals surface area contributed by atoms with Crippen LogP contribution < -0.4 is 9.80 Å². The second kappa shape index (κ2) is 18.6. The summed E-state index contributed by atoms with van der Waals surface area (Å²) in [4.78, 5) is 20.1. The molecule has 54 heavy (non-hydrogen) atoms. The highest BCUT2D eigenvalue weighted by molar-refractivity contribution is 5.73. The first-order valence-electron chi connectivity index (χ1n) is 21.0. The summed E-state index contributed by atoms with van der Waals surface area (Å²) in [6, 6.07) is 18.5. The molecule has 0 unspecified atom stereocenters. The predicted molar refractivity (Wildman–Crippen MR) is 220 cm³/mol. The molecule has 6 nitrogen and oxygen atoms in total. The van der Waals surface area contributed by atoms with Gasteiger partial charge in [-0.05, 0) is 134 Å². The molecular formula is C46H60F2N6. The molecule has 2 fully saturated rings. The lowest BCUT2D eigenvalue weighted by molar-refractivity contribution is 0.270. The van der Waals surface area contributed by atoms with E-state index >= 15 is 0 Å². The highest BCUT2D eigenvalue weighted by Crippen LogP contribution is 2.35. The fraction of sp³-hybridized carbons (Fsp3) is 0.522. The molecule has 0 radical (unpaired) electrons. The second-order valence-electron chi connectivity index (χ2n) is 15.6. The summed E-state index contributed by atoms with van der Waals surface area (Å²) in [5.41, 5.74) is 10.1. The number of piperazine rings is 2. The van der Waals surface area contributed by atoms with E-state index in [-0.39, 0.29) is 11.6 Å². The Hall–Kier alpha value is -3.88. The molecule has 0 atom stereocenters. The molecular weight excluding hydrogens is 675 g/mol. The lowest BCUT2D eigenvalue weighted by Gasteiger charge is -2.35. The van der Waals surface area contributed by atoms with Gasteiger partial charge in [-0.25, -0.2) is 18.7 Å². The highest BCUT2D eigenvalue weighted by Gasteiger charge is 2.23. The smallest absolute Gasteiger partial charge is 0.129 e. The number of aryl methyl sites for hydroxylation is 2. The highest BCUT2D eigenvalue weighted by atomic mass is 19.1. The SMILES string of the molecule is CCN1CCN(c2cc(-c3ccc(F)cc3)c3c(n2)CCCCCC3)CC1.CCN1CCN(c2cc(-c3ccc(F)cc3)c3c(n2)CCCCCC3)CC1. The van der Waals surface area contributed by atoms with Gasteiger partial charge in [-0.3, -0.25) is 0 Å². The third-order valence-electron chi connectivity index (χ3n) is 12.2. The number of likely N-dealkylation sites (N-methyl/N-ethyl adjacent to an activating group) is 2. The van der Waals surface area contributed by atoms with E-state index in [1.165, 1.54) is 85.0 Å². The molecule has 2 saturated heterocycles. The molecule has 2 aliphatic heterocycles. The van der Waals surface area contributed by atoms with Crippen molar-refractivity contribution < 1.29 is 8.78 Å². The lowest BCUT2D eigenvalue weighted by atomic mass is 9.90. The third-order valence-corrected chi connectivity index (χ3v) is 12.2. The average Bonchev–Trinajstić information content (AvgIpc) is 3.19. The molecule has 0 amide bonds. The van der Waals surface area contributed by atoms with Gasteiger partial charge in [0.1, 0.15) is 23.3 Å². The molecule has 4 heterocycles. The first-order chi connectivity index (χ1) is 26.5. The summed E-state index contributed by atoms with van der Waals surface area (Å²) >= 11 is 0. The van der Waals surface area contributed by atoms with Crippen molar-refractivity contribution in [2.45, 2.75) is 90.9 Å². The number of anilines is 2. The van der Waals surface area contributed by atoms with Gasteiger partial charge in [-0.2, -0.15) is 0 Å². The Morgan fingerprint density at radius 2 is 0.815 bits per heavy atom. The number of hydrogen-bond acceptors (Lipinski definition) is 6. The summed E-state index contributed by atoms with van der Waals surface area (Å²) in [7, 11) is 0. The molecule has 2 aromatic carbocycles. The van der Waals surface area contributed by atoms with Crippen molar-refractivity contribution in [1.82, 2.24) is 19.8 Å². The third kappa shape index (κ3) is 9.49. The van der Waals surface area contributed by atoms with Crippen LogP contribution in [0.1, 0.15) is 87.7 Å². The van der Waals surface area contributed by atoms with Crippen LogP contribution in [0.3, 0.4) is 0 Å². The average molecular weight is 735 g/mol. The topological polar surface area (TPSA) is 38.7 Å². The van der Waals surface area contributed by atoms with Crippen LogP contribution >= 0.6 is 0 Å². The van der Waals surface area contributed by atoms with E-state index in [4.69, 9.17) is 9.97 Å². The minimum absolute atomic E-state index is 0.174. The maximum atomic E-state index is 13.5. The summed E-state index contributed by atoms with van der Waals surface area (Å²) < 4.78 is 27.0. The zero-order valence-corrected chi connectivity index (χ0v) is 32.8. The number of halogens is 2. The molecule has 2 aromatic heterocycles. The lowest BCUT2D eigenvalue weighted by Crippen LogP contribution is -2.46. The normalized spacial score (nSPS) is 18.7. The van der Waals surface area contributed by atoms with Crippen molar-refractivity contribution >= 4 is 11.6 Å². The van der Waals surface area contributed by atoms with E-state index in [0.29, 0.717) is 0 Å². The van der Waals surface area contributed by atoms with E-state index in [0.717, 1.165) is 114 Å². The van der Waals surface area contributed by atoms with Crippen LogP contribution in [0.25, 0.3) is 22.3 Å². The summed E-state index contributed by atoms with van der Waals surface area (Å²) in [5.74, 6) is 1.85. The van der Waals surface area contributed by atoms with Crippen LogP contribution in [-0.2, 0) is 25.7 Å². The quantitative estimate of drug-likeness (QED) is 0.197. The van der Waals surface area contributed by atoms with Crippen molar-refractivity contribution in [3.63, 3.8) is 0 Å². The maximum absolute atomic E-state index is 13.5. The van der Waals surface area contributed by atoms with E-state index in [1.54, 1.807) is 24.3 Å². The molecule has 0 spiro atoms. The number of hydrogen-bond donors (Lipinski definition) is 0. The molecule has 4 aromatic rings. The number of rotatable bonds is 6. The largest absolute Gasteiger partial charge is 0.354 e. The van der Waals surface area contributed by atoms with Crippen LogP contribution in [0.5, 0.6) is 0 Å². The number of pyridine rings is 2. The number of aromatic nitrogens is 2. The van der Waals surface area contributed by atoms with Crippen LogP contribution in [0.4, 0.5) is 20.4 Å². The zero-order valence-electron chi connectivity index (χ0n) is 32.8. The molecule has 4 aliphatic rings. The van der Waals surface area contributed by atoms with Gasteiger partial charge in [0.05, 0.1) is 0 Å². The van der Waals surface area contributed by atoms with Gasteiger partial charge in [-0.15, -0.1) is 0 Å². The van der Waals surface area contributed by atoms with Gasteiger partial charge in [0.2, 0.25) is 0 Å². The fourth-order valence-corrected chi connectivity index (χ4v) is 8.77. The maximum Gasteiger partial charge on any atom is 0.129 e. The van der Waals surface area contributed by atoms with Crippen LogP contribution in [0, 0.1) is 11.6 Å². The van der Waals surface area contributed by atoms with E-state index < -0.39 is 0 Å². The monoisotopic (exact) mass is 734 g/mol. The van der Waals surface area contributed by atoms with Crippen LogP contribution in [-0.4, -0.2) is 85.2 Å². The Morgan fingerprint density at radius 3 is 1.17 bits per heavy atom. The van der Waals surface area contributed by atoms with Crippen molar-refractivity contribution in [3.05, 3.63) is 94.8 Å². The first-order valence-corrected chi connectivity index (χ1v) is 21.0. The Morgan fingerprint density at radius 1 is 0.463 bits per heavy atom. The van der Waals surface area contributed by atoms with E-state index in [9.17, 15) is 8.78 Å². The van der Waals surface area contributed by atoms with E-state index in [1.807, 2.05) is 24.3 Å². The van der Waals surface area contributed by atoms with Gasteiger partial charge in [-0.1, -0.05) is 63.8 Å². The van der Waals surface area contributed by atoms with Gasteiger partial charge >= 0.3 is 0 Å². The van der Waals surface area contributed by atoms with Gasteiger partial charge < -0.3 is 19.6 Å². The standard InChI is InChI=1S/2C23H30FN3/c2*1-2-26-13-15-27(16-14-26)23-17-21(18-9-11-19(24)12-10-18)20-7-5-3-4-6-8-22(20)25-23/h2*9-12,17H,2-8,13-16H2,1H3. The van der Waals surface area contributed by atoms with Crippen molar-refractivity contribution in [1.29, 1.82) is 0 Å². The molecule has 0 N–H and O–H groups in total. The summed E-state index contributed by atoms with van der Waals surface area (Å²) in [6.07, 6.45) is 14.3. The van der Waals surface area contributed by atoms with Gasteiger partial charge in [0.25, 0.3) is 0 Å². The molecule has 288 valence electrons. The fourth-order valence-electron chi connectivity index (χ4n) is 8.77. The minimum Gasteiger partial charge on any atom is -0.354 e. The predicted octanol–water partition coefficient (Wildman–Crippen LogP) is 9.38. The molecule has 0 saturated carbocycles. The van der Waals surface area contributed by atoms with Crippen molar-refractivity contribution in [2.24, 2.45) is 0 Å². The molecule has 8 rings (SSSR count). The molecule has 8 heteroatoms. The number of benzene rings is 2. The zero-order chi connectivity index (χ0) is 37.3. The Kier molecular flexibility index (Phi) is 13.3. The first kappa shape index (κ1) is 38.4. The summed E-state index contributed by atoms with van der Waals surface area (Å²) in [6.45, 7) is 15.2. The number of nitrogens with zero attached hydrogens (tertiary/aromatic N) is 6. The van der Waals surface area contributed by atoms with Crippen LogP contribution in [0.15, 0.2) is 60.7 Å². The van der Waals surface area contributed by atoms with Crippen molar-refractivity contribution in [3.8, 4) is 22.3 Å². The van der Waals surface area contributed by atoms with Crippen molar-refractivity contribution in [2.75, 3.05) is 75.2 Å². The minimum atomic E-state index is -0.174.